The molecule has 8 nitrogen and oxygen atoms in total. The number of aliphatic hydroxyl groups excluding tert-OH is 1. The molecule has 0 saturated heterocycles. The lowest BCUT2D eigenvalue weighted by atomic mass is 10.1. The monoisotopic (exact) mass is 324 g/mol. The van der Waals surface area contributed by atoms with E-state index in [9.17, 15) is 9.90 Å². The van der Waals surface area contributed by atoms with Crippen LogP contribution in [0.25, 0.3) is 0 Å². The van der Waals surface area contributed by atoms with Crippen LogP contribution in [0.2, 0.25) is 0 Å². The van der Waals surface area contributed by atoms with Crippen LogP contribution in [0.1, 0.15) is 11.7 Å². The fourth-order valence-electron chi connectivity index (χ4n) is 1.77. The molecule has 1 unspecified atom stereocenters. The quantitative estimate of drug-likeness (QED) is 0.742. The van der Waals surface area contributed by atoms with Gasteiger partial charge in [-0.15, -0.1) is 10.2 Å². The second kappa shape index (κ2) is 7.57. The predicted octanol–water partition coefficient (Wildman–Crippen LogP) is 1.41. The van der Waals surface area contributed by atoms with Crippen molar-refractivity contribution in [2.45, 2.75) is 6.10 Å². The molecule has 2 rings (SSSR count). The summed E-state index contributed by atoms with van der Waals surface area (Å²) >= 11 is 1.20. The Labute approximate surface area is 131 Å². The molecule has 0 spiro atoms. The van der Waals surface area contributed by atoms with E-state index in [4.69, 9.17) is 9.47 Å². The number of benzene rings is 1. The molecule has 1 aromatic heterocycles. The van der Waals surface area contributed by atoms with Crippen LogP contribution in [-0.4, -0.2) is 42.1 Å². The minimum atomic E-state index is -0.940. The van der Waals surface area contributed by atoms with Gasteiger partial charge in [0.2, 0.25) is 5.13 Å². The van der Waals surface area contributed by atoms with Crippen LogP contribution in [0.4, 0.5) is 9.93 Å². The molecule has 0 radical (unpaired) electrons. The van der Waals surface area contributed by atoms with Gasteiger partial charge in [0, 0.05) is 12.1 Å². The average Bonchev–Trinajstić information content (AvgIpc) is 3.04. The lowest BCUT2D eigenvalue weighted by molar-refractivity contribution is 0.170. The van der Waals surface area contributed by atoms with Crippen molar-refractivity contribution < 1.29 is 19.4 Å². The Morgan fingerprint density at radius 2 is 2.23 bits per heavy atom. The molecule has 1 heterocycles. The van der Waals surface area contributed by atoms with E-state index < -0.39 is 12.1 Å². The topological polar surface area (TPSA) is 106 Å². The smallest absolute Gasteiger partial charge is 0.321 e. The largest absolute Gasteiger partial charge is 0.497 e. The van der Waals surface area contributed by atoms with Gasteiger partial charge >= 0.3 is 6.03 Å². The molecule has 1 atom stereocenters. The molecule has 9 heteroatoms. The van der Waals surface area contributed by atoms with Gasteiger partial charge in [-0.05, 0) is 18.2 Å². The van der Waals surface area contributed by atoms with Crippen molar-refractivity contribution in [1.29, 1.82) is 0 Å². The molecule has 0 aliphatic carbocycles. The van der Waals surface area contributed by atoms with Crippen LogP contribution < -0.4 is 20.1 Å². The number of nitrogens with one attached hydrogen (secondary N) is 2. The van der Waals surface area contributed by atoms with Crippen LogP contribution >= 0.6 is 11.3 Å². The second-order valence-corrected chi connectivity index (χ2v) is 5.04. The van der Waals surface area contributed by atoms with Crippen LogP contribution in [0.5, 0.6) is 11.5 Å². The van der Waals surface area contributed by atoms with Crippen molar-refractivity contribution >= 4 is 22.5 Å². The number of hydrogen-bond donors (Lipinski definition) is 3. The highest BCUT2D eigenvalue weighted by molar-refractivity contribution is 7.13. The molecular formula is C13H16N4O4S. The van der Waals surface area contributed by atoms with Crippen LogP contribution in [0, 0.1) is 0 Å². The van der Waals surface area contributed by atoms with Gasteiger partial charge in [-0.1, -0.05) is 11.3 Å². The number of carbonyl (C=O) groups excluding carboxylic acids is 1. The predicted molar refractivity (Wildman–Crippen MR) is 81.4 cm³/mol. The highest BCUT2D eigenvalue weighted by atomic mass is 32.1. The summed E-state index contributed by atoms with van der Waals surface area (Å²) in [6.45, 7) is 0.00810. The molecule has 22 heavy (non-hydrogen) atoms. The third-order valence-corrected chi connectivity index (χ3v) is 3.44. The van der Waals surface area contributed by atoms with Crippen molar-refractivity contribution in [2.75, 3.05) is 26.1 Å². The van der Waals surface area contributed by atoms with Gasteiger partial charge in [0.1, 0.15) is 23.1 Å². The SMILES string of the molecule is COc1ccc(OC)c(C(O)CNC(=O)Nc2nncs2)c1. The van der Waals surface area contributed by atoms with E-state index in [1.165, 1.54) is 31.1 Å². The van der Waals surface area contributed by atoms with Gasteiger partial charge in [0.25, 0.3) is 0 Å². The maximum atomic E-state index is 11.7. The first-order valence-electron chi connectivity index (χ1n) is 6.35. The zero-order valence-electron chi connectivity index (χ0n) is 12.1. The lowest BCUT2D eigenvalue weighted by Gasteiger charge is -2.16. The number of anilines is 1. The Hall–Kier alpha value is -2.39. The number of aromatic nitrogens is 2. The average molecular weight is 324 g/mol. The van der Waals surface area contributed by atoms with E-state index in [0.29, 0.717) is 22.2 Å². The van der Waals surface area contributed by atoms with Crippen molar-refractivity contribution in [1.82, 2.24) is 15.5 Å². The number of rotatable bonds is 6. The summed E-state index contributed by atoms with van der Waals surface area (Å²) in [5, 5.41) is 23.0. The third-order valence-electron chi connectivity index (χ3n) is 2.83. The third kappa shape index (κ3) is 4.06. The molecule has 0 fully saturated rings. The van der Waals surface area contributed by atoms with Gasteiger partial charge in [-0.25, -0.2) is 4.79 Å². The Bertz CT molecular complexity index is 621. The van der Waals surface area contributed by atoms with E-state index >= 15 is 0 Å². The number of methoxy groups -OCH3 is 2. The van der Waals surface area contributed by atoms with Crippen molar-refractivity contribution in [3.05, 3.63) is 29.3 Å². The Kier molecular flexibility index (Phi) is 5.50. The fraction of sp³-hybridized carbons (Fsp3) is 0.308. The van der Waals surface area contributed by atoms with Crippen LogP contribution in [0.15, 0.2) is 23.7 Å². The van der Waals surface area contributed by atoms with Gasteiger partial charge in [-0.3, -0.25) is 5.32 Å². The Morgan fingerprint density at radius 1 is 1.41 bits per heavy atom. The summed E-state index contributed by atoms with van der Waals surface area (Å²) in [6, 6.07) is 4.61. The first-order chi connectivity index (χ1) is 10.6. The number of urea groups is 1. The van der Waals surface area contributed by atoms with E-state index in [1.54, 1.807) is 18.2 Å². The molecular weight excluding hydrogens is 308 g/mol. The molecule has 2 amide bonds. The number of aliphatic hydroxyl groups is 1. The molecule has 0 bridgehead atoms. The Balaban J connectivity index is 1.96. The van der Waals surface area contributed by atoms with Crippen molar-refractivity contribution in [3.8, 4) is 11.5 Å². The zero-order valence-corrected chi connectivity index (χ0v) is 12.9. The highest BCUT2D eigenvalue weighted by Gasteiger charge is 2.16. The molecule has 0 aliphatic rings. The first-order valence-corrected chi connectivity index (χ1v) is 7.23. The van der Waals surface area contributed by atoms with Crippen LogP contribution in [0.3, 0.4) is 0 Å². The molecule has 0 aliphatic heterocycles. The molecule has 2 aromatic rings. The standard InChI is InChI=1S/C13H16N4O4S/c1-20-8-3-4-11(21-2)9(5-8)10(18)6-14-12(19)16-13-17-15-7-22-13/h3-5,7,10,18H,6H2,1-2H3,(H2,14,16,17,19). The summed E-state index contributed by atoms with van der Waals surface area (Å²) in [4.78, 5) is 11.7. The van der Waals surface area contributed by atoms with E-state index in [1.807, 2.05) is 0 Å². The fourth-order valence-corrected chi connectivity index (χ4v) is 2.21. The summed E-state index contributed by atoms with van der Waals surface area (Å²) in [7, 11) is 3.04. The highest BCUT2D eigenvalue weighted by Crippen LogP contribution is 2.29. The molecule has 3 N–H and O–H groups in total. The summed E-state index contributed by atoms with van der Waals surface area (Å²) < 4.78 is 10.3. The minimum Gasteiger partial charge on any atom is -0.497 e. The number of nitrogens with zero attached hydrogens (tertiary/aromatic N) is 2. The molecule has 118 valence electrons. The maximum Gasteiger partial charge on any atom is 0.321 e. The van der Waals surface area contributed by atoms with Gasteiger partial charge in [0.05, 0.1) is 14.2 Å². The van der Waals surface area contributed by atoms with Gasteiger partial charge in [0.15, 0.2) is 0 Å². The number of carbonyl (C=O) groups is 1. The van der Waals surface area contributed by atoms with Gasteiger partial charge in [-0.2, -0.15) is 0 Å². The van der Waals surface area contributed by atoms with Gasteiger partial charge < -0.3 is 19.9 Å². The second-order valence-electron chi connectivity index (χ2n) is 4.20. The van der Waals surface area contributed by atoms with Crippen molar-refractivity contribution in [3.63, 3.8) is 0 Å². The number of hydrogen-bond acceptors (Lipinski definition) is 7. The van der Waals surface area contributed by atoms with Crippen LogP contribution in [-0.2, 0) is 0 Å². The summed E-state index contributed by atoms with van der Waals surface area (Å²) in [5.41, 5.74) is 2.03. The van der Waals surface area contributed by atoms with E-state index in [-0.39, 0.29) is 6.54 Å². The van der Waals surface area contributed by atoms with E-state index in [0.717, 1.165) is 0 Å². The number of amides is 2. The summed E-state index contributed by atoms with van der Waals surface area (Å²) in [6.07, 6.45) is -0.940. The first kappa shape index (κ1) is 16.0. The Morgan fingerprint density at radius 3 is 2.86 bits per heavy atom. The number of ether oxygens (including phenoxy) is 2. The summed E-state index contributed by atoms with van der Waals surface area (Å²) in [5.74, 6) is 1.10. The zero-order chi connectivity index (χ0) is 15.9. The van der Waals surface area contributed by atoms with Crippen molar-refractivity contribution in [2.24, 2.45) is 0 Å². The lowest BCUT2D eigenvalue weighted by Crippen LogP contribution is -2.32. The van der Waals surface area contributed by atoms with E-state index in [2.05, 4.69) is 20.8 Å². The molecule has 1 aromatic carbocycles. The molecule has 0 saturated carbocycles. The maximum absolute atomic E-state index is 11.7. The normalized spacial score (nSPS) is 11.6. The minimum absolute atomic E-state index is 0.00810.